The number of ketones is 1. The number of para-hydroxylation sites is 1. The first-order valence-corrected chi connectivity index (χ1v) is 14.4. The molecule has 1 aliphatic rings. The number of hydrogen-bond donors (Lipinski definition) is 2. The molecule has 0 saturated carbocycles. The van der Waals surface area contributed by atoms with Gasteiger partial charge in [0.15, 0.2) is 27.4 Å². The van der Waals surface area contributed by atoms with Crippen molar-refractivity contribution in [3.8, 4) is 11.5 Å². The van der Waals surface area contributed by atoms with Gasteiger partial charge in [-0.2, -0.15) is 0 Å². The van der Waals surface area contributed by atoms with E-state index >= 15 is 0 Å². The van der Waals surface area contributed by atoms with Crippen molar-refractivity contribution in [3.05, 3.63) is 106 Å². The van der Waals surface area contributed by atoms with Crippen LogP contribution in [0.2, 0.25) is 5.02 Å². The number of Topliss-reactive ketones (excluding diaryl/α,β-unsaturated/α-hetero) is 1. The summed E-state index contributed by atoms with van der Waals surface area (Å²) in [6.45, 7) is 0. The molecule has 3 aromatic carbocycles. The molecule has 1 aliphatic heterocycles. The summed E-state index contributed by atoms with van der Waals surface area (Å²) >= 11 is 8.81. The van der Waals surface area contributed by atoms with E-state index < -0.39 is 23.5 Å². The number of carbonyl (C=O) groups is 2. The molecule has 9 nitrogen and oxygen atoms in total. The van der Waals surface area contributed by atoms with Crippen LogP contribution in [0.3, 0.4) is 0 Å². The van der Waals surface area contributed by atoms with Crippen molar-refractivity contribution in [2.45, 2.75) is 16.1 Å². The number of aliphatic hydroxyl groups is 1. The van der Waals surface area contributed by atoms with Crippen molar-refractivity contribution in [2.24, 2.45) is 0 Å². The molecule has 3 heterocycles. The monoisotopic (exact) mass is 605 g/mol. The Bertz CT molecular complexity index is 1820. The lowest BCUT2D eigenvalue weighted by molar-refractivity contribution is -0.117. The van der Waals surface area contributed by atoms with Crippen molar-refractivity contribution in [1.82, 2.24) is 10.2 Å². The smallest absolute Gasteiger partial charge is 0.296 e. The molecule has 5 aromatic rings. The van der Waals surface area contributed by atoms with E-state index in [4.69, 9.17) is 20.8 Å². The van der Waals surface area contributed by atoms with Crippen LogP contribution in [0.4, 0.5) is 5.13 Å². The number of hydrogen-bond acceptors (Lipinski definition) is 10. The highest BCUT2D eigenvalue weighted by molar-refractivity contribution is 8.00. The number of aromatic hydroxyl groups is 1. The van der Waals surface area contributed by atoms with E-state index in [1.165, 1.54) is 35.9 Å². The molecule has 12 heteroatoms. The fourth-order valence-electron chi connectivity index (χ4n) is 4.55. The van der Waals surface area contributed by atoms with Crippen LogP contribution >= 0.6 is 34.7 Å². The number of benzene rings is 3. The van der Waals surface area contributed by atoms with Crippen LogP contribution in [0.5, 0.6) is 11.5 Å². The van der Waals surface area contributed by atoms with E-state index in [0.29, 0.717) is 31.6 Å². The van der Waals surface area contributed by atoms with Crippen molar-refractivity contribution < 1.29 is 29.0 Å². The van der Waals surface area contributed by atoms with Gasteiger partial charge in [0.2, 0.25) is 10.9 Å². The molecule has 2 N–H and O–H groups in total. The number of phenols is 1. The second-order valence-electron chi connectivity index (χ2n) is 8.98. The van der Waals surface area contributed by atoms with Crippen LogP contribution in [0.1, 0.15) is 27.7 Å². The van der Waals surface area contributed by atoms with Crippen LogP contribution < -0.4 is 9.64 Å². The van der Waals surface area contributed by atoms with E-state index in [9.17, 15) is 19.8 Å². The number of rotatable bonds is 8. The summed E-state index contributed by atoms with van der Waals surface area (Å²) in [5.74, 6) is -1.71. The molecule has 0 radical (unpaired) electrons. The number of aliphatic hydroxyl groups excluding tert-OH is 1. The van der Waals surface area contributed by atoms with Crippen molar-refractivity contribution in [3.63, 3.8) is 0 Å². The van der Waals surface area contributed by atoms with Gasteiger partial charge in [-0.3, -0.25) is 14.5 Å². The van der Waals surface area contributed by atoms with Gasteiger partial charge in [-0.1, -0.05) is 77.2 Å². The third-order valence-corrected chi connectivity index (χ3v) is 9.01. The second-order valence-corrected chi connectivity index (χ2v) is 11.6. The van der Waals surface area contributed by atoms with Crippen molar-refractivity contribution >= 4 is 62.5 Å². The number of fused-ring (bicyclic) bond motifs is 1. The van der Waals surface area contributed by atoms with Crippen molar-refractivity contribution in [2.75, 3.05) is 12.0 Å². The minimum atomic E-state index is -1.10. The molecule has 0 spiro atoms. The Hall–Kier alpha value is -4.32. The number of halogens is 1. The summed E-state index contributed by atoms with van der Waals surface area (Å²) in [7, 11) is 1.39. The molecule has 206 valence electrons. The minimum absolute atomic E-state index is 0.0357. The summed E-state index contributed by atoms with van der Waals surface area (Å²) in [6, 6.07) is 19.4. The highest BCUT2D eigenvalue weighted by Crippen LogP contribution is 2.45. The highest BCUT2D eigenvalue weighted by atomic mass is 35.5. The number of methoxy groups -OCH3 is 1. The second kappa shape index (κ2) is 10.9. The SMILES string of the molecule is COc1cc([C@@H]2C(C(=O)c3cc4ccccc4o3)=C(O)C(=O)N2c2nnc(SCc3ccccc3Cl)s2)ccc1O. The van der Waals surface area contributed by atoms with Gasteiger partial charge in [0.25, 0.3) is 5.91 Å². The third-order valence-electron chi connectivity index (χ3n) is 6.53. The summed E-state index contributed by atoms with van der Waals surface area (Å²) in [6.07, 6.45) is 0. The van der Waals surface area contributed by atoms with Crippen LogP contribution in [0, 0.1) is 0 Å². The van der Waals surface area contributed by atoms with Gasteiger partial charge in [-0.15, -0.1) is 10.2 Å². The van der Waals surface area contributed by atoms with Crippen LogP contribution in [-0.4, -0.2) is 39.2 Å². The number of anilines is 1. The lowest BCUT2D eigenvalue weighted by atomic mass is 9.95. The largest absolute Gasteiger partial charge is 0.504 e. The lowest BCUT2D eigenvalue weighted by Crippen LogP contribution is -2.31. The summed E-state index contributed by atoms with van der Waals surface area (Å²) in [5.41, 5.74) is 1.61. The molecule has 0 aliphatic carbocycles. The maximum absolute atomic E-state index is 13.8. The molecular weight excluding hydrogens is 586 g/mol. The maximum atomic E-state index is 13.8. The van der Waals surface area contributed by atoms with Crippen LogP contribution in [0.25, 0.3) is 11.0 Å². The van der Waals surface area contributed by atoms with Crippen LogP contribution in [-0.2, 0) is 10.5 Å². The lowest BCUT2D eigenvalue weighted by Gasteiger charge is -2.24. The number of carbonyl (C=O) groups excluding carboxylic acids is 2. The van der Waals surface area contributed by atoms with Gasteiger partial charge < -0.3 is 19.4 Å². The zero-order valence-corrected chi connectivity index (χ0v) is 23.7. The van der Waals surface area contributed by atoms with Gasteiger partial charge in [-0.25, -0.2) is 0 Å². The molecular formula is C29H20ClN3O6S2. The molecule has 0 fully saturated rings. The number of phenolic OH excluding ortho intramolecular Hbond substituents is 1. The zero-order chi connectivity index (χ0) is 28.7. The maximum Gasteiger partial charge on any atom is 0.296 e. The number of amides is 1. The Balaban J connectivity index is 1.39. The molecule has 0 saturated heterocycles. The first-order valence-electron chi connectivity index (χ1n) is 12.2. The summed E-state index contributed by atoms with van der Waals surface area (Å²) < 4.78 is 11.6. The van der Waals surface area contributed by atoms with Gasteiger partial charge >= 0.3 is 0 Å². The van der Waals surface area contributed by atoms with E-state index in [2.05, 4.69) is 10.2 Å². The van der Waals surface area contributed by atoms with Crippen molar-refractivity contribution in [1.29, 1.82) is 0 Å². The van der Waals surface area contributed by atoms with E-state index in [1.54, 1.807) is 36.4 Å². The van der Waals surface area contributed by atoms with Gasteiger partial charge in [0.05, 0.1) is 18.7 Å². The quantitative estimate of drug-likeness (QED) is 0.112. The Morgan fingerprint density at radius 3 is 2.66 bits per heavy atom. The van der Waals surface area contributed by atoms with Gasteiger partial charge in [0.1, 0.15) is 5.58 Å². The average Bonchev–Trinajstić information content (AvgIpc) is 3.69. The predicted molar refractivity (Wildman–Crippen MR) is 156 cm³/mol. The molecule has 41 heavy (non-hydrogen) atoms. The van der Waals surface area contributed by atoms with Gasteiger partial charge in [0, 0.05) is 16.2 Å². The molecule has 0 unspecified atom stereocenters. The highest BCUT2D eigenvalue weighted by Gasteiger charge is 2.47. The Kier molecular flexibility index (Phi) is 7.16. The summed E-state index contributed by atoms with van der Waals surface area (Å²) in [5, 5.41) is 31.2. The predicted octanol–water partition coefficient (Wildman–Crippen LogP) is 6.73. The van der Waals surface area contributed by atoms with E-state index in [0.717, 1.165) is 16.9 Å². The Morgan fingerprint density at radius 1 is 1.10 bits per heavy atom. The number of thioether (sulfide) groups is 1. The molecule has 6 rings (SSSR count). The Labute approximate surface area is 246 Å². The molecule has 1 amide bonds. The molecule has 0 bridgehead atoms. The van der Waals surface area contributed by atoms with Gasteiger partial charge in [-0.05, 0) is 41.5 Å². The van der Waals surface area contributed by atoms with E-state index in [-0.39, 0.29) is 28.0 Å². The topological polar surface area (TPSA) is 126 Å². The standard InChI is InChI=1S/C29H20ClN3O6S2/c1-38-21-13-16(10-11-19(21)34)24-23(25(35)22-12-15-6-3-5-9-20(15)39-22)26(36)27(37)33(24)28-31-32-29(41-28)40-14-17-7-2-4-8-18(17)30/h2-13,24,34,36H,14H2,1H3/t24-/m1/s1. The number of ether oxygens (including phenoxy) is 1. The normalized spacial score (nSPS) is 15.2. The number of furan rings is 1. The fraction of sp³-hybridized carbons (Fsp3) is 0.103. The summed E-state index contributed by atoms with van der Waals surface area (Å²) in [4.78, 5) is 28.6. The minimum Gasteiger partial charge on any atom is -0.504 e. The third kappa shape index (κ3) is 4.92. The molecule has 2 aromatic heterocycles. The Morgan fingerprint density at radius 2 is 1.88 bits per heavy atom. The first kappa shape index (κ1) is 26.9. The van der Waals surface area contributed by atoms with E-state index in [1.807, 2.05) is 24.3 Å². The number of nitrogens with zero attached hydrogens (tertiary/aromatic N) is 3. The first-order chi connectivity index (χ1) is 19.9. The number of aromatic nitrogens is 2. The molecule has 1 atom stereocenters. The average molecular weight is 606 g/mol. The van der Waals surface area contributed by atoms with Crippen LogP contribution in [0.15, 0.2) is 92.9 Å². The zero-order valence-electron chi connectivity index (χ0n) is 21.3. The fourth-order valence-corrected chi connectivity index (χ4v) is 6.71.